The van der Waals surface area contributed by atoms with E-state index in [0.29, 0.717) is 5.75 Å². The second kappa shape index (κ2) is 5.12. The Morgan fingerprint density at radius 1 is 1.20 bits per heavy atom. The number of rotatable bonds is 4. The van der Waals surface area contributed by atoms with Crippen molar-refractivity contribution in [3.05, 3.63) is 24.0 Å². The summed E-state index contributed by atoms with van der Waals surface area (Å²) in [7, 11) is 0. The van der Waals surface area contributed by atoms with Crippen LogP contribution in [0, 0.1) is 5.92 Å². The van der Waals surface area contributed by atoms with Gasteiger partial charge in [-0.3, -0.25) is 4.98 Å². The standard InChI is InChI=1S/C12H19NO2/c1-8(2)12(14)10-5-11(7-13-6-10)15-9(3)4/h5-9,12,14H,1-4H3. The van der Waals surface area contributed by atoms with Crippen LogP contribution in [-0.4, -0.2) is 16.2 Å². The highest BCUT2D eigenvalue weighted by molar-refractivity contribution is 5.25. The molecule has 15 heavy (non-hydrogen) atoms. The van der Waals surface area contributed by atoms with Crippen LogP contribution in [0.4, 0.5) is 0 Å². The SMILES string of the molecule is CC(C)Oc1cncc(C(O)C(C)C)c1. The second-order valence-electron chi connectivity index (χ2n) is 4.31. The molecule has 1 unspecified atom stereocenters. The van der Waals surface area contributed by atoms with Crippen molar-refractivity contribution in [1.82, 2.24) is 4.98 Å². The van der Waals surface area contributed by atoms with E-state index in [1.807, 2.05) is 33.8 Å². The zero-order chi connectivity index (χ0) is 11.4. The van der Waals surface area contributed by atoms with Crippen molar-refractivity contribution in [2.75, 3.05) is 0 Å². The molecule has 0 aliphatic heterocycles. The summed E-state index contributed by atoms with van der Waals surface area (Å²) in [5.41, 5.74) is 0.808. The van der Waals surface area contributed by atoms with Crippen molar-refractivity contribution < 1.29 is 9.84 Å². The molecule has 84 valence electrons. The largest absolute Gasteiger partial charge is 0.489 e. The molecule has 1 aromatic heterocycles. The fourth-order valence-electron chi connectivity index (χ4n) is 1.32. The van der Waals surface area contributed by atoms with Gasteiger partial charge in [0.15, 0.2) is 0 Å². The average Bonchev–Trinajstić information content (AvgIpc) is 2.16. The first-order valence-corrected chi connectivity index (χ1v) is 5.30. The number of hydrogen-bond donors (Lipinski definition) is 1. The maximum Gasteiger partial charge on any atom is 0.138 e. The minimum Gasteiger partial charge on any atom is -0.489 e. The molecule has 1 atom stereocenters. The molecule has 3 nitrogen and oxygen atoms in total. The molecular formula is C12H19NO2. The van der Waals surface area contributed by atoms with E-state index in [1.165, 1.54) is 0 Å². The highest BCUT2D eigenvalue weighted by atomic mass is 16.5. The normalized spacial score (nSPS) is 13.3. The first-order chi connectivity index (χ1) is 7.00. The van der Waals surface area contributed by atoms with E-state index >= 15 is 0 Å². The number of hydrogen-bond acceptors (Lipinski definition) is 3. The number of ether oxygens (including phenoxy) is 1. The summed E-state index contributed by atoms with van der Waals surface area (Å²) >= 11 is 0. The van der Waals surface area contributed by atoms with Gasteiger partial charge in [-0.25, -0.2) is 0 Å². The lowest BCUT2D eigenvalue weighted by atomic mass is 10.0. The molecule has 0 radical (unpaired) electrons. The first kappa shape index (κ1) is 12.0. The molecule has 0 bridgehead atoms. The first-order valence-electron chi connectivity index (χ1n) is 5.30. The summed E-state index contributed by atoms with van der Waals surface area (Å²) in [6, 6.07) is 1.84. The van der Waals surface area contributed by atoms with Crippen LogP contribution in [0.25, 0.3) is 0 Å². The third-order valence-corrected chi connectivity index (χ3v) is 2.08. The van der Waals surface area contributed by atoms with E-state index < -0.39 is 6.10 Å². The van der Waals surface area contributed by atoms with Crippen LogP contribution in [0.15, 0.2) is 18.5 Å². The lowest BCUT2D eigenvalue weighted by molar-refractivity contribution is 0.126. The van der Waals surface area contributed by atoms with Gasteiger partial charge in [0.25, 0.3) is 0 Å². The van der Waals surface area contributed by atoms with Gasteiger partial charge in [-0.2, -0.15) is 0 Å². The van der Waals surface area contributed by atoms with Crippen LogP contribution in [0.1, 0.15) is 39.4 Å². The maximum absolute atomic E-state index is 9.86. The molecule has 0 saturated heterocycles. The van der Waals surface area contributed by atoms with Gasteiger partial charge in [-0.15, -0.1) is 0 Å². The highest BCUT2D eigenvalue weighted by Gasteiger charge is 2.13. The van der Waals surface area contributed by atoms with E-state index in [9.17, 15) is 5.11 Å². The van der Waals surface area contributed by atoms with Crippen LogP contribution in [0.3, 0.4) is 0 Å². The molecule has 0 aliphatic carbocycles. The molecule has 1 aromatic rings. The van der Waals surface area contributed by atoms with Crippen LogP contribution >= 0.6 is 0 Å². The van der Waals surface area contributed by atoms with Crippen LogP contribution in [0.2, 0.25) is 0 Å². The lowest BCUT2D eigenvalue weighted by Crippen LogP contribution is -2.09. The van der Waals surface area contributed by atoms with E-state index in [1.54, 1.807) is 12.4 Å². The van der Waals surface area contributed by atoms with E-state index in [2.05, 4.69) is 4.98 Å². The molecule has 3 heteroatoms. The molecule has 1 N–H and O–H groups in total. The van der Waals surface area contributed by atoms with Crippen molar-refractivity contribution in [2.24, 2.45) is 5.92 Å². The molecule has 1 rings (SSSR count). The Bertz CT molecular complexity index is 310. The monoisotopic (exact) mass is 209 g/mol. The molecular weight excluding hydrogens is 190 g/mol. The van der Waals surface area contributed by atoms with Crippen LogP contribution in [-0.2, 0) is 0 Å². The average molecular weight is 209 g/mol. The van der Waals surface area contributed by atoms with Crippen molar-refractivity contribution in [1.29, 1.82) is 0 Å². The summed E-state index contributed by atoms with van der Waals surface area (Å²) in [6.07, 6.45) is 2.99. The van der Waals surface area contributed by atoms with Crippen LogP contribution < -0.4 is 4.74 Å². The third-order valence-electron chi connectivity index (χ3n) is 2.08. The molecule has 0 saturated carbocycles. The summed E-state index contributed by atoms with van der Waals surface area (Å²) in [6.45, 7) is 7.87. The Kier molecular flexibility index (Phi) is 4.09. The number of nitrogens with zero attached hydrogens (tertiary/aromatic N) is 1. The Morgan fingerprint density at radius 3 is 2.40 bits per heavy atom. The Labute approximate surface area is 91.1 Å². The summed E-state index contributed by atoms with van der Waals surface area (Å²) in [5.74, 6) is 0.892. The van der Waals surface area contributed by atoms with Gasteiger partial charge in [0.1, 0.15) is 5.75 Å². The van der Waals surface area contributed by atoms with E-state index in [4.69, 9.17) is 4.74 Å². The van der Waals surface area contributed by atoms with Gasteiger partial charge >= 0.3 is 0 Å². The number of pyridine rings is 1. The number of aliphatic hydroxyl groups is 1. The van der Waals surface area contributed by atoms with Gasteiger partial charge in [0.05, 0.1) is 18.4 Å². The van der Waals surface area contributed by atoms with Gasteiger partial charge in [-0.05, 0) is 25.8 Å². The Morgan fingerprint density at radius 2 is 1.87 bits per heavy atom. The molecule has 0 amide bonds. The fourth-order valence-corrected chi connectivity index (χ4v) is 1.32. The number of aliphatic hydroxyl groups excluding tert-OH is 1. The Hall–Kier alpha value is -1.09. The van der Waals surface area contributed by atoms with Gasteiger partial charge in [0, 0.05) is 11.8 Å². The smallest absolute Gasteiger partial charge is 0.138 e. The quantitative estimate of drug-likeness (QED) is 0.828. The van der Waals surface area contributed by atoms with E-state index in [0.717, 1.165) is 5.56 Å². The molecule has 0 fully saturated rings. The summed E-state index contributed by atoms with van der Waals surface area (Å²) in [4.78, 5) is 4.06. The topological polar surface area (TPSA) is 42.4 Å². The molecule has 0 spiro atoms. The lowest BCUT2D eigenvalue weighted by Gasteiger charge is -2.16. The fraction of sp³-hybridized carbons (Fsp3) is 0.583. The van der Waals surface area contributed by atoms with Crippen LogP contribution in [0.5, 0.6) is 5.75 Å². The van der Waals surface area contributed by atoms with Gasteiger partial charge in [0.2, 0.25) is 0 Å². The molecule has 1 heterocycles. The van der Waals surface area contributed by atoms with Gasteiger partial charge in [-0.1, -0.05) is 13.8 Å². The predicted octanol–water partition coefficient (Wildman–Crippen LogP) is 2.56. The predicted molar refractivity (Wildman–Crippen MR) is 59.8 cm³/mol. The molecule has 0 aromatic carbocycles. The summed E-state index contributed by atoms with van der Waals surface area (Å²) in [5, 5.41) is 9.86. The van der Waals surface area contributed by atoms with Crippen molar-refractivity contribution in [3.63, 3.8) is 0 Å². The number of aromatic nitrogens is 1. The van der Waals surface area contributed by atoms with Crippen molar-refractivity contribution >= 4 is 0 Å². The Balaban J connectivity index is 2.82. The zero-order valence-corrected chi connectivity index (χ0v) is 9.77. The second-order valence-corrected chi connectivity index (χ2v) is 4.31. The minimum atomic E-state index is -0.479. The third kappa shape index (κ3) is 3.51. The minimum absolute atomic E-state index is 0.123. The molecule has 0 aliphatic rings. The highest BCUT2D eigenvalue weighted by Crippen LogP contribution is 2.23. The summed E-state index contributed by atoms with van der Waals surface area (Å²) < 4.78 is 5.51. The van der Waals surface area contributed by atoms with Crippen molar-refractivity contribution in [2.45, 2.75) is 39.9 Å². The van der Waals surface area contributed by atoms with Gasteiger partial charge < -0.3 is 9.84 Å². The zero-order valence-electron chi connectivity index (χ0n) is 9.77. The maximum atomic E-state index is 9.86. The van der Waals surface area contributed by atoms with E-state index in [-0.39, 0.29) is 12.0 Å². The van der Waals surface area contributed by atoms with Crippen molar-refractivity contribution in [3.8, 4) is 5.75 Å².